The molecule has 2 rings (SSSR count). The zero-order valence-corrected chi connectivity index (χ0v) is 13.1. The van der Waals surface area contributed by atoms with Crippen molar-refractivity contribution in [1.82, 2.24) is 10.3 Å². The number of nitro groups is 1. The van der Waals surface area contributed by atoms with Gasteiger partial charge in [0.25, 0.3) is 11.6 Å². The third kappa shape index (κ3) is 3.85. The fourth-order valence-corrected chi connectivity index (χ4v) is 3.61. The van der Waals surface area contributed by atoms with Gasteiger partial charge in [0, 0.05) is 17.4 Å². The first kappa shape index (κ1) is 16.0. The molecule has 0 spiro atoms. The Morgan fingerprint density at radius 1 is 1.52 bits per heavy atom. The number of nitrogens with one attached hydrogen (secondary N) is 1. The Kier molecular flexibility index (Phi) is 5.41. The molecule has 2 atom stereocenters. The number of rotatable bonds is 4. The van der Waals surface area contributed by atoms with Crippen molar-refractivity contribution in [1.29, 1.82) is 0 Å². The molecule has 1 aliphatic carbocycles. The second-order valence-corrected chi connectivity index (χ2v) is 6.36. The number of carbonyl (C=O) groups is 1. The summed E-state index contributed by atoms with van der Waals surface area (Å²) in [5, 5.41) is 14.0. The van der Waals surface area contributed by atoms with Crippen LogP contribution in [0.2, 0.25) is 5.15 Å². The normalized spacial score (nSPS) is 21.8. The molecule has 0 saturated heterocycles. The van der Waals surface area contributed by atoms with Crippen LogP contribution in [0.5, 0.6) is 0 Å². The van der Waals surface area contributed by atoms with Crippen molar-refractivity contribution in [2.75, 3.05) is 6.26 Å². The predicted molar refractivity (Wildman–Crippen MR) is 82.9 cm³/mol. The minimum Gasteiger partial charge on any atom is -0.348 e. The van der Waals surface area contributed by atoms with E-state index in [0.29, 0.717) is 5.25 Å². The summed E-state index contributed by atoms with van der Waals surface area (Å²) in [6, 6.07) is 1.23. The maximum absolute atomic E-state index is 12.3. The fourth-order valence-electron chi connectivity index (χ4n) is 2.49. The Bertz CT molecular complexity index is 555. The van der Waals surface area contributed by atoms with E-state index < -0.39 is 10.8 Å². The molecule has 1 fully saturated rings. The van der Waals surface area contributed by atoms with Crippen molar-refractivity contribution < 1.29 is 9.72 Å². The number of carbonyl (C=O) groups excluding carboxylic acids is 1. The van der Waals surface area contributed by atoms with Crippen molar-refractivity contribution in [3.8, 4) is 0 Å². The van der Waals surface area contributed by atoms with Crippen LogP contribution in [0.4, 0.5) is 5.69 Å². The minimum absolute atomic E-state index is 0.0189. The van der Waals surface area contributed by atoms with Gasteiger partial charge in [0.05, 0.1) is 10.5 Å². The Morgan fingerprint density at radius 2 is 2.24 bits per heavy atom. The van der Waals surface area contributed by atoms with Crippen LogP contribution in [0.15, 0.2) is 12.3 Å². The molecule has 0 aromatic carbocycles. The lowest BCUT2D eigenvalue weighted by Crippen LogP contribution is -2.43. The topological polar surface area (TPSA) is 85.1 Å². The average molecular weight is 330 g/mol. The molecule has 1 N–H and O–H groups in total. The second kappa shape index (κ2) is 7.09. The van der Waals surface area contributed by atoms with Gasteiger partial charge in [0.15, 0.2) is 0 Å². The molecule has 0 aliphatic heterocycles. The maximum atomic E-state index is 12.3. The summed E-state index contributed by atoms with van der Waals surface area (Å²) in [5.74, 6) is -0.401. The third-order valence-electron chi connectivity index (χ3n) is 3.60. The SMILES string of the molecule is CSC1CCCCC1NC(=O)c1cc([N+](=O)[O-])cnc1Cl. The smallest absolute Gasteiger partial charge is 0.288 e. The van der Waals surface area contributed by atoms with Gasteiger partial charge in [-0.25, -0.2) is 4.98 Å². The Balaban J connectivity index is 2.16. The second-order valence-electron chi connectivity index (χ2n) is 4.93. The summed E-state index contributed by atoms with van der Waals surface area (Å²) >= 11 is 7.62. The van der Waals surface area contributed by atoms with Crippen LogP contribution >= 0.6 is 23.4 Å². The molecular weight excluding hydrogens is 314 g/mol. The molecule has 1 aliphatic rings. The van der Waals surface area contributed by atoms with E-state index in [0.717, 1.165) is 31.9 Å². The van der Waals surface area contributed by atoms with Gasteiger partial charge in [-0.15, -0.1) is 0 Å². The van der Waals surface area contributed by atoms with E-state index >= 15 is 0 Å². The molecule has 6 nitrogen and oxygen atoms in total. The molecule has 21 heavy (non-hydrogen) atoms. The Labute approximate surface area is 131 Å². The average Bonchev–Trinajstić information content (AvgIpc) is 2.47. The lowest BCUT2D eigenvalue weighted by atomic mass is 9.94. The summed E-state index contributed by atoms with van der Waals surface area (Å²) in [4.78, 5) is 26.2. The highest BCUT2D eigenvalue weighted by molar-refractivity contribution is 7.99. The maximum Gasteiger partial charge on any atom is 0.288 e. The Hall–Kier alpha value is -1.34. The van der Waals surface area contributed by atoms with Crippen molar-refractivity contribution in [3.05, 3.63) is 33.1 Å². The number of pyridine rings is 1. The molecule has 0 radical (unpaired) electrons. The summed E-state index contributed by atoms with van der Waals surface area (Å²) in [6.07, 6.45) is 7.28. The molecule has 2 unspecified atom stereocenters. The van der Waals surface area contributed by atoms with Gasteiger partial charge in [0.2, 0.25) is 0 Å². The highest BCUT2D eigenvalue weighted by Crippen LogP contribution is 2.28. The fraction of sp³-hybridized carbons (Fsp3) is 0.538. The van der Waals surface area contributed by atoms with Crippen molar-refractivity contribution in [2.45, 2.75) is 37.0 Å². The molecule has 1 heterocycles. The number of amides is 1. The van der Waals surface area contributed by atoms with E-state index in [-0.39, 0.29) is 22.4 Å². The predicted octanol–water partition coefficient (Wildman–Crippen LogP) is 3.05. The third-order valence-corrected chi connectivity index (χ3v) is 5.07. The number of nitrogens with zero attached hydrogens (tertiary/aromatic N) is 2. The molecule has 8 heteroatoms. The highest BCUT2D eigenvalue weighted by Gasteiger charge is 2.27. The monoisotopic (exact) mass is 329 g/mol. The van der Waals surface area contributed by atoms with Crippen LogP contribution in [0.3, 0.4) is 0 Å². The molecular formula is C13H16ClN3O3S. The van der Waals surface area contributed by atoms with Crippen molar-refractivity contribution in [3.63, 3.8) is 0 Å². The first-order chi connectivity index (χ1) is 10.0. The quantitative estimate of drug-likeness (QED) is 0.521. The summed E-state index contributed by atoms with van der Waals surface area (Å²) < 4.78 is 0. The van der Waals surface area contributed by atoms with Crippen LogP contribution in [0.1, 0.15) is 36.0 Å². The standard InChI is InChI=1S/C13H16ClN3O3S/c1-21-11-5-3-2-4-10(11)16-13(18)9-6-8(17(19)20)7-15-12(9)14/h6-7,10-11H,2-5H2,1H3,(H,16,18). The largest absolute Gasteiger partial charge is 0.348 e. The molecule has 0 bridgehead atoms. The van der Waals surface area contributed by atoms with Crippen LogP contribution in [0.25, 0.3) is 0 Å². The van der Waals surface area contributed by atoms with E-state index in [9.17, 15) is 14.9 Å². The first-order valence-corrected chi connectivity index (χ1v) is 8.33. The number of aromatic nitrogens is 1. The van der Waals surface area contributed by atoms with E-state index in [1.807, 2.05) is 6.26 Å². The van der Waals surface area contributed by atoms with Crippen LogP contribution in [-0.2, 0) is 0 Å². The highest BCUT2D eigenvalue weighted by atomic mass is 35.5. The van der Waals surface area contributed by atoms with Gasteiger partial charge in [-0.1, -0.05) is 24.4 Å². The first-order valence-electron chi connectivity index (χ1n) is 6.66. The number of halogens is 1. The molecule has 114 valence electrons. The number of hydrogen-bond donors (Lipinski definition) is 1. The van der Waals surface area contributed by atoms with Gasteiger partial charge in [-0.3, -0.25) is 14.9 Å². The number of thioether (sulfide) groups is 1. The molecule has 1 aromatic heterocycles. The summed E-state index contributed by atoms with van der Waals surface area (Å²) in [5.41, 5.74) is -0.189. The van der Waals surface area contributed by atoms with Crippen LogP contribution in [0, 0.1) is 10.1 Å². The number of hydrogen-bond acceptors (Lipinski definition) is 5. The van der Waals surface area contributed by atoms with Gasteiger partial charge in [-0.2, -0.15) is 11.8 Å². The minimum atomic E-state index is -0.592. The van der Waals surface area contributed by atoms with Crippen molar-refractivity contribution >= 4 is 35.0 Å². The van der Waals surface area contributed by atoms with Gasteiger partial charge < -0.3 is 5.32 Å². The van der Waals surface area contributed by atoms with E-state index in [1.165, 1.54) is 6.07 Å². The zero-order chi connectivity index (χ0) is 15.4. The Morgan fingerprint density at radius 3 is 2.90 bits per heavy atom. The molecule has 1 saturated carbocycles. The van der Waals surface area contributed by atoms with E-state index in [4.69, 9.17) is 11.6 Å². The summed E-state index contributed by atoms with van der Waals surface area (Å²) in [6.45, 7) is 0. The molecule has 1 aromatic rings. The van der Waals surface area contributed by atoms with Crippen LogP contribution in [-0.4, -0.2) is 33.4 Å². The van der Waals surface area contributed by atoms with Gasteiger partial charge in [-0.05, 0) is 19.1 Å². The van der Waals surface area contributed by atoms with E-state index in [1.54, 1.807) is 11.8 Å². The van der Waals surface area contributed by atoms with Gasteiger partial charge in [0.1, 0.15) is 11.3 Å². The van der Waals surface area contributed by atoms with Crippen LogP contribution < -0.4 is 5.32 Å². The lowest BCUT2D eigenvalue weighted by Gasteiger charge is -2.30. The van der Waals surface area contributed by atoms with E-state index in [2.05, 4.69) is 10.3 Å². The molecule has 1 amide bonds. The summed E-state index contributed by atoms with van der Waals surface area (Å²) in [7, 11) is 0. The lowest BCUT2D eigenvalue weighted by molar-refractivity contribution is -0.385. The van der Waals surface area contributed by atoms with Gasteiger partial charge >= 0.3 is 0 Å². The van der Waals surface area contributed by atoms with Crippen molar-refractivity contribution in [2.24, 2.45) is 0 Å². The zero-order valence-electron chi connectivity index (χ0n) is 11.5.